The Morgan fingerprint density at radius 2 is 2.08 bits per heavy atom. The summed E-state index contributed by atoms with van der Waals surface area (Å²) in [6.07, 6.45) is 7.07. The first-order valence-corrected chi connectivity index (χ1v) is 10.9. The van der Waals surface area contributed by atoms with Crippen molar-refractivity contribution in [1.29, 1.82) is 0 Å². The summed E-state index contributed by atoms with van der Waals surface area (Å²) in [5.74, 6) is 2.61. The number of thioether (sulfide) groups is 1. The van der Waals surface area contributed by atoms with Crippen molar-refractivity contribution >= 4 is 17.7 Å². The van der Waals surface area contributed by atoms with Gasteiger partial charge in [0.2, 0.25) is 0 Å². The zero-order chi connectivity index (χ0) is 17.7. The third-order valence-electron chi connectivity index (χ3n) is 4.47. The standard InChI is InChI=1S/C20H33N3OS/c1-3-21-20(22-13-7-8-15-25-2)23-16-18-12-9-14-24-19(18)17-10-5-4-6-11-17/h4-6,10-11,18-19H,3,7-9,12-16H2,1-2H3,(H2,21,22,23). The lowest BCUT2D eigenvalue weighted by Gasteiger charge is -2.31. The Morgan fingerprint density at radius 1 is 1.24 bits per heavy atom. The van der Waals surface area contributed by atoms with Crippen LogP contribution >= 0.6 is 11.8 Å². The molecule has 2 N–H and O–H groups in total. The molecule has 0 aliphatic carbocycles. The number of hydrogen-bond donors (Lipinski definition) is 2. The van der Waals surface area contributed by atoms with Crippen LogP contribution in [0.3, 0.4) is 0 Å². The van der Waals surface area contributed by atoms with E-state index in [1.165, 1.54) is 30.6 Å². The van der Waals surface area contributed by atoms with E-state index in [-0.39, 0.29) is 6.10 Å². The summed E-state index contributed by atoms with van der Waals surface area (Å²) in [6, 6.07) is 10.6. The van der Waals surface area contributed by atoms with Crippen LogP contribution in [0.25, 0.3) is 0 Å². The highest BCUT2D eigenvalue weighted by molar-refractivity contribution is 7.98. The molecule has 1 heterocycles. The molecule has 1 aliphatic rings. The van der Waals surface area contributed by atoms with E-state index in [4.69, 9.17) is 9.73 Å². The molecular weight excluding hydrogens is 330 g/mol. The molecule has 4 nitrogen and oxygen atoms in total. The van der Waals surface area contributed by atoms with E-state index in [0.717, 1.165) is 38.6 Å². The van der Waals surface area contributed by atoms with Gasteiger partial charge >= 0.3 is 0 Å². The third-order valence-corrected chi connectivity index (χ3v) is 5.17. The molecule has 2 unspecified atom stereocenters. The number of nitrogens with one attached hydrogen (secondary N) is 2. The number of rotatable bonds is 9. The van der Waals surface area contributed by atoms with E-state index in [1.807, 2.05) is 11.8 Å². The first-order valence-electron chi connectivity index (χ1n) is 9.52. The fourth-order valence-electron chi connectivity index (χ4n) is 3.17. The van der Waals surface area contributed by atoms with Crippen LogP contribution in [-0.4, -0.2) is 44.2 Å². The van der Waals surface area contributed by atoms with Gasteiger partial charge in [0.25, 0.3) is 0 Å². The fourth-order valence-corrected chi connectivity index (χ4v) is 3.66. The van der Waals surface area contributed by atoms with Gasteiger partial charge in [0.1, 0.15) is 0 Å². The van der Waals surface area contributed by atoms with Gasteiger partial charge in [0, 0.05) is 32.2 Å². The predicted molar refractivity (Wildman–Crippen MR) is 109 cm³/mol. The van der Waals surface area contributed by atoms with E-state index in [0.29, 0.717) is 5.92 Å². The Kier molecular flexibility index (Phi) is 9.82. The summed E-state index contributed by atoms with van der Waals surface area (Å²) in [5.41, 5.74) is 1.28. The molecule has 0 radical (unpaired) electrons. The highest BCUT2D eigenvalue weighted by Gasteiger charge is 2.27. The molecule has 1 aromatic carbocycles. The summed E-state index contributed by atoms with van der Waals surface area (Å²) >= 11 is 1.91. The second-order valence-corrected chi connectivity index (χ2v) is 7.44. The molecule has 140 valence electrons. The fraction of sp³-hybridized carbons (Fsp3) is 0.650. The van der Waals surface area contributed by atoms with Crippen LogP contribution < -0.4 is 10.6 Å². The van der Waals surface area contributed by atoms with Gasteiger partial charge in [-0.1, -0.05) is 30.3 Å². The van der Waals surface area contributed by atoms with Crippen molar-refractivity contribution in [3.8, 4) is 0 Å². The Morgan fingerprint density at radius 3 is 2.84 bits per heavy atom. The third kappa shape index (κ3) is 7.28. The monoisotopic (exact) mass is 363 g/mol. The number of nitrogens with zero attached hydrogens (tertiary/aromatic N) is 1. The smallest absolute Gasteiger partial charge is 0.191 e. The molecule has 25 heavy (non-hydrogen) atoms. The first kappa shape index (κ1) is 20.1. The molecule has 0 bridgehead atoms. The predicted octanol–water partition coefficient (Wildman–Crippen LogP) is 3.85. The van der Waals surface area contributed by atoms with Gasteiger partial charge < -0.3 is 15.4 Å². The van der Waals surface area contributed by atoms with Crippen molar-refractivity contribution in [1.82, 2.24) is 10.6 Å². The van der Waals surface area contributed by atoms with E-state index in [9.17, 15) is 0 Å². The topological polar surface area (TPSA) is 45.7 Å². The number of hydrogen-bond acceptors (Lipinski definition) is 3. The second-order valence-electron chi connectivity index (χ2n) is 6.45. The zero-order valence-electron chi connectivity index (χ0n) is 15.7. The largest absolute Gasteiger partial charge is 0.373 e. The molecule has 1 fully saturated rings. The molecule has 1 aromatic rings. The Bertz CT molecular complexity index is 495. The SMILES string of the molecule is CCNC(=NCC1CCCOC1c1ccccc1)NCCCCSC. The summed E-state index contributed by atoms with van der Waals surface area (Å²) in [7, 11) is 0. The molecule has 0 saturated carbocycles. The summed E-state index contributed by atoms with van der Waals surface area (Å²) < 4.78 is 6.08. The summed E-state index contributed by atoms with van der Waals surface area (Å²) in [5, 5.41) is 6.82. The number of aliphatic imine (C=N–C) groups is 1. The molecule has 0 spiro atoms. The lowest BCUT2D eigenvalue weighted by molar-refractivity contribution is -0.0250. The Labute approximate surface area is 157 Å². The quantitative estimate of drug-likeness (QED) is 0.397. The number of guanidine groups is 1. The van der Waals surface area contributed by atoms with Crippen molar-refractivity contribution in [2.24, 2.45) is 10.9 Å². The maximum atomic E-state index is 6.08. The van der Waals surface area contributed by atoms with Gasteiger partial charge in [-0.05, 0) is 50.2 Å². The molecule has 0 amide bonds. The van der Waals surface area contributed by atoms with Crippen molar-refractivity contribution in [2.45, 2.75) is 38.7 Å². The zero-order valence-corrected chi connectivity index (χ0v) is 16.5. The minimum atomic E-state index is 0.170. The van der Waals surface area contributed by atoms with Gasteiger partial charge in [-0.25, -0.2) is 0 Å². The normalized spacial score (nSPS) is 21.1. The van der Waals surface area contributed by atoms with Crippen molar-refractivity contribution in [3.05, 3.63) is 35.9 Å². The maximum absolute atomic E-state index is 6.08. The van der Waals surface area contributed by atoms with Gasteiger partial charge in [-0.3, -0.25) is 4.99 Å². The van der Waals surface area contributed by atoms with Gasteiger partial charge in [0.15, 0.2) is 5.96 Å². The number of unbranched alkanes of at least 4 members (excludes halogenated alkanes) is 1. The highest BCUT2D eigenvalue weighted by Crippen LogP contribution is 2.33. The minimum absolute atomic E-state index is 0.170. The van der Waals surface area contributed by atoms with Crippen molar-refractivity contribution < 1.29 is 4.74 Å². The van der Waals surface area contributed by atoms with Crippen LogP contribution in [0.1, 0.15) is 44.3 Å². The average molecular weight is 364 g/mol. The van der Waals surface area contributed by atoms with E-state index >= 15 is 0 Å². The molecule has 5 heteroatoms. The number of benzene rings is 1. The molecule has 0 aromatic heterocycles. The molecule has 2 atom stereocenters. The summed E-state index contributed by atoms with van der Waals surface area (Å²) in [6.45, 7) is 5.64. The lowest BCUT2D eigenvalue weighted by atomic mass is 9.89. The van der Waals surface area contributed by atoms with E-state index in [1.54, 1.807) is 0 Å². The maximum Gasteiger partial charge on any atom is 0.191 e. The van der Waals surface area contributed by atoms with E-state index in [2.05, 4.69) is 54.1 Å². The van der Waals surface area contributed by atoms with E-state index < -0.39 is 0 Å². The van der Waals surface area contributed by atoms with Crippen LogP contribution in [0, 0.1) is 5.92 Å². The second kappa shape index (κ2) is 12.2. The minimum Gasteiger partial charge on any atom is -0.373 e. The van der Waals surface area contributed by atoms with Crippen molar-refractivity contribution in [3.63, 3.8) is 0 Å². The Balaban J connectivity index is 1.89. The van der Waals surface area contributed by atoms with Crippen LogP contribution in [0.5, 0.6) is 0 Å². The van der Waals surface area contributed by atoms with Crippen LogP contribution in [0.4, 0.5) is 0 Å². The van der Waals surface area contributed by atoms with Crippen molar-refractivity contribution in [2.75, 3.05) is 38.2 Å². The van der Waals surface area contributed by atoms with Crippen LogP contribution in [-0.2, 0) is 4.74 Å². The number of ether oxygens (including phenoxy) is 1. The molecule has 2 rings (SSSR count). The molecular formula is C20H33N3OS. The van der Waals surface area contributed by atoms with Gasteiger partial charge in [-0.2, -0.15) is 11.8 Å². The van der Waals surface area contributed by atoms with Gasteiger partial charge in [-0.15, -0.1) is 0 Å². The highest BCUT2D eigenvalue weighted by atomic mass is 32.2. The average Bonchev–Trinajstić information content (AvgIpc) is 2.67. The lowest BCUT2D eigenvalue weighted by Crippen LogP contribution is -2.38. The van der Waals surface area contributed by atoms with Crippen LogP contribution in [0.15, 0.2) is 35.3 Å². The first-order chi connectivity index (χ1) is 12.3. The van der Waals surface area contributed by atoms with Crippen LogP contribution in [0.2, 0.25) is 0 Å². The molecule has 1 aliphatic heterocycles. The summed E-state index contributed by atoms with van der Waals surface area (Å²) in [4.78, 5) is 4.84. The molecule has 1 saturated heterocycles. The van der Waals surface area contributed by atoms with Gasteiger partial charge in [0.05, 0.1) is 6.10 Å². The Hall–Kier alpha value is -1.20.